The Kier molecular flexibility index (Phi) is 5.36. The number of urea groups is 1. The molecule has 0 spiro atoms. The van der Waals surface area contributed by atoms with Gasteiger partial charge < -0.3 is 20.2 Å². The molecule has 130 valence electrons. The van der Waals surface area contributed by atoms with Crippen molar-refractivity contribution in [3.05, 3.63) is 72.0 Å². The molecule has 0 aliphatic carbocycles. The highest BCUT2D eigenvalue weighted by Crippen LogP contribution is 2.23. The number of rotatable bonds is 6. The third-order valence-electron chi connectivity index (χ3n) is 4.10. The van der Waals surface area contributed by atoms with Gasteiger partial charge in [-0.2, -0.15) is 0 Å². The number of hydrogen-bond donors (Lipinski definition) is 3. The zero-order valence-corrected chi connectivity index (χ0v) is 14.1. The molecule has 1 aromatic heterocycles. The molecule has 2 aromatic carbocycles. The van der Waals surface area contributed by atoms with E-state index in [1.807, 2.05) is 67.6 Å². The van der Waals surface area contributed by atoms with Crippen LogP contribution < -0.4 is 10.6 Å². The van der Waals surface area contributed by atoms with Crippen molar-refractivity contribution in [2.75, 3.05) is 6.61 Å². The first-order chi connectivity index (χ1) is 12.2. The number of para-hydroxylation sites is 1. The highest BCUT2D eigenvalue weighted by Gasteiger charge is 2.17. The number of amides is 2. The quantitative estimate of drug-likeness (QED) is 0.645. The van der Waals surface area contributed by atoms with Crippen LogP contribution in [0.15, 0.2) is 65.1 Å². The topological polar surface area (TPSA) is 74.5 Å². The van der Waals surface area contributed by atoms with E-state index < -0.39 is 0 Å². The van der Waals surface area contributed by atoms with Crippen molar-refractivity contribution in [1.29, 1.82) is 0 Å². The van der Waals surface area contributed by atoms with Gasteiger partial charge in [-0.15, -0.1) is 0 Å². The standard InChI is InChI=1S/C20H22N2O3/c1-14(19-12-16-9-5-6-10-18(16)25-19)21-20(24)22-17(13-23)11-15-7-3-2-4-8-15/h2-10,12,14,17,23H,11,13H2,1H3,(H2,21,22,24). The van der Waals surface area contributed by atoms with Gasteiger partial charge in [0.05, 0.1) is 18.7 Å². The Bertz CT molecular complexity index is 796. The Morgan fingerprint density at radius 1 is 1.08 bits per heavy atom. The largest absolute Gasteiger partial charge is 0.459 e. The van der Waals surface area contributed by atoms with E-state index in [1.165, 1.54) is 0 Å². The molecule has 5 nitrogen and oxygen atoms in total. The minimum atomic E-state index is -0.342. The van der Waals surface area contributed by atoms with Crippen LogP contribution >= 0.6 is 0 Å². The fraction of sp³-hybridized carbons (Fsp3) is 0.250. The SMILES string of the molecule is CC(NC(=O)NC(CO)Cc1ccccc1)c1cc2ccccc2o1. The van der Waals surface area contributed by atoms with Crippen molar-refractivity contribution in [2.45, 2.75) is 25.4 Å². The molecule has 25 heavy (non-hydrogen) atoms. The first kappa shape index (κ1) is 17.0. The summed E-state index contributed by atoms with van der Waals surface area (Å²) in [7, 11) is 0. The third-order valence-corrected chi connectivity index (χ3v) is 4.10. The molecule has 0 saturated heterocycles. The highest BCUT2D eigenvalue weighted by molar-refractivity contribution is 5.78. The van der Waals surface area contributed by atoms with Gasteiger partial charge in [0, 0.05) is 5.39 Å². The Morgan fingerprint density at radius 2 is 1.80 bits per heavy atom. The molecule has 5 heteroatoms. The molecule has 0 radical (unpaired) electrons. The van der Waals surface area contributed by atoms with E-state index in [0.717, 1.165) is 16.5 Å². The van der Waals surface area contributed by atoms with E-state index in [4.69, 9.17) is 4.42 Å². The van der Waals surface area contributed by atoms with Crippen molar-refractivity contribution < 1.29 is 14.3 Å². The molecule has 1 heterocycles. The molecular formula is C20H22N2O3. The number of furan rings is 1. The monoisotopic (exact) mass is 338 g/mol. The molecule has 0 aliphatic rings. The van der Waals surface area contributed by atoms with Gasteiger partial charge in [-0.3, -0.25) is 0 Å². The molecule has 2 atom stereocenters. The van der Waals surface area contributed by atoms with E-state index in [2.05, 4.69) is 10.6 Å². The van der Waals surface area contributed by atoms with Crippen LogP contribution in [0.5, 0.6) is 0 Å². The molecule has 2 amide bonds. The maximum Gasteiger partial charge on any atom is 0.315 e. The van der Waals surface area contributed by atoms with Gasteiger partial charge in [-0.1, -0.05) is 48.5 Å². The van der Waals surface area contributed by atoms with Gasteiger partial charge >= 0.3 is 6.03 Å². The molecule has 2 unspecified atom stereocenters. The van der Waals surface area contributed by atoms with Crippen LogP contribution in [-0.4, -0.2) is 23.8 Å². The predicted molar refractivity (Wildman–Crippen MR) is 97.3 cm³/mol. The average Bonchev–Trinajstić information content (AvgIpc) is 3.06. The summed E-state index contributed by atoms with van der Waals surface area (Å²) in [6, 6.07) is 18.5. The number of hydrogen-bond acceptors (Lipinski definition) is 3. The summed E-state index contributed by atoms with van der Waals surface area (Å²) in [6.07, 6.45) is 0.573. The van der Waals surface area contributed by atoms with Crippen LogP contribution in [0.25, 0.3) is 11.0 Å². The summed E-state index contributed by atoms with van der Waals surface area (Å²) in [5.41, 5.74) is 1.86. The fourth-order valence-electron chi connectivity index (χ4n) is 2.77. The van der Waals surface area contributed by atoms with Gasteiger partial charge in [0.25, 0.3) is 0 Å². The summed E-state index contributed by atoms with van der Waals surface area (Å²) in [5, 5.41) is 16.2. The second kappa shape index (κ2) is 7.85. The lowest BCUT2D eigenvalue weighted by Gasteiger charge is -2.19. The summed E-state index contributed by atoms with van der Waals surface area (Å²) in [5.74, 6) is 0.694. The van der Waals surface area contributed by atoms with Crippen molar-refractivity contribution in [2.24, 2.45) is 0 Å². The van der Waals surface area contributed by atoms with Crippen LogP contribution in [0.4, 0.5) is 4.79 Å². The minimum absolute atomic E-state index is 0.124. The molecule has 0 bridgehead atoms. The second-order valence-electron chi connectivity index (χ2n) is 6.10. The zero-order valence-electron chi connectivity index (χ0n) is 14.1. The second-order valence-corrected chi connectivity index (χ2v) is 6.10. The Morgan fingerprint density at radius 3 is 2.52 bits per heavy atom. The van der Waals surface area contributed by atoms with Gasteiger partial charge in [-0.25, -0.2) is 4.79 Å². The molecular weight excluding hydrogens is 316 g/mol. The van der Waals surface area contributed by atoms with Gasteiger partial charge in [0.2, 0.25) is 0 Å². The van der Waals surface area contributed by atoms with Crippen LogP contribution in [0.2, 0.25) is 0 Å². The van der Waals surface area contributed by atoms with E-state index in [9.17, 15) is 9.90 Å². The molecule has 0 fully saturated rings. The van der Waals surface area contributed by atoms with E-state index in [-0.39, 0.29) is 24.7 Å². The van der Waals surface area contributed by atoms with Crippen LogP contribution in [0.1, 0.15) is 24.3 Å². The molecule has 0 saturated carbocycles. The van der Waals surface area contributed by atoms with Crippen LogP contribution in [0, 0.1) is 0 Å². The summed E-state index contributed by atoms with van der Waals surface area (Å²) < 4.78 is 5.77. The number of carbonyl (C=O) groups is 1. The molecule has 0 aliphatic heterocycles. The maximum absolute atomic E-state index is 12.2. The lowest BCUT2D eigenvalue weighted by atomic mass is 10.1. The molecule has 3 rings (SSSR count). The number of nitrogens with one attached hydrogen (secondary N) is 2. The number of carbonyl (C=O) groups excluding carboxylic acids is 1. The van der Waals surface area contributed by atoms with E-state index in [0.29, 0.717) is 12.2 Å². The summed E-state index contributed by atoms with van der Waals surface area (Å²) >= 11 is 0. The number of aliphatic hydroxyl groups is 1. The van der Waals surface area contributed by atoms with E-state index >= 15 is 0 Å². The minimum Gasteiger partial charge on any atom is -0.459 e. The van der Waals surface area contributed by atoms with E-state index in [1.54, 1.807) is 0 Å². The van der Waals surface area contributed by atoms with Crippen molar-refractivity contribution in [3.63, 3.8) is 0 Å². The van der Waals surface area contributed by atoms with Crippen LogP contribution in [0.3, 0.4) is 0 Å². The van der Waals surface area contributed by atoms with Crippen molar-refractivity contribution in [3.8, 4) is 0 Å². The van der Waals surface area contributed by atoms with Gasteiger partial charge in [0.15, 0.2) is 0 Å². The smallest absolute Gasteiger partial charge is 0.315 e. The number of fused-ring (bicyclic) bond motifs is 1. The third kappa shape index (κ3) is 4.39. The predicted octanol–water partition coefficient (Wildman–Crippen LogP) is 3.40. The Balaban J connectivity index is 1.58. The Hall–Kier alpha value is -2.79. The average molecular weight is 338 g/mol. The highest BCUT2D eigenvalue weighted by atomic mass is 16.3. The lowest BCUT2D eigenvalue weighted by Crippen LogP contribution is -2.45. The lowest BCUT2D eigenvalue weighted by molar-refractivity contribution is 0.212. The summed E-state index contributed by atoms with van der Waals surface area (Å²) in [4.78, 5) is 12.2. The number of aliphatic hydroxyl groups excluding tert-OH is 1. The first-order valence-corrected chi connectivity index (χ1v) is 8.36. The van der Waals surface area contributed by atoms with Crippen molar-refractivity contribution in [1.82, 2.24) is 10.6 Å². The maximum atomic E-state index is 12.2. The van der Waals surface area contributed by atoms with Gasteiger partial charge in [0.1, 0.15) is 11.3 Å². The molecule has 3 aromatic rings. The molecule has 3 N–H and O–H groups in total. The summed E-state index contributed by atoms with van der Waals surface area (Å²) in [6.45, 7) is 1.74. The normalized spacial score (nSPS) is 13.4. The first-order valence-electron chi connectivity index (χ1n) is 8.36. The van der Waals surface area contributed by atoms with Crippen molar-refractivity contribution >= 4 is 17.0 Å². The number of benzene rings is 2. The fourth-order valence-corrected chi connectivity index (χ4v) is 2.77. The van der Waals surface area contributed by atoms with Crippen LogP contribution in [-0.2, 0) is 6.42 Å². The van der Waals surface area contributed by atoms with Gasteiger partial charge in [-0.05, 0) is 31.0 Å². The zero-order chi connectivity index (χ0) is 17.6. The Labute approximate surface area is 146 Å².